The number of ether oxygens (including phenoxy) is 1. The highest BCUT2D eigenvalue weighted by atomic mass is 19.3. The predicted octanol–water partition coefficient (Wildman–Crippen LogP) is 9.03. The average molecular weight is 467 g/mol. The molecular formula is C28H38F4O. The van der Waals surface area contributed by atoms with Crippen molar-refractivity contribution in [1.29, 1.82) is 0 Å². The Hall–Kier alpha value is -1.52. The van der Waals surface area contributed by atoms with Gasteiger partial charge in [0.05, 0.1) is 0 Å². The Labute approximate surface area is 196 Å². The van der Waals surface area contributed by atoms with Crippen molar-refractivity contribution in [1.82, 2.24) is 0 Å². The van der Waals surface area contributed by atoms with Crippen LogP contribution in [0.3, 0.4) is 0 Å². The van der Waals surface area contributed by atoms with E-state index in [1.807, 2.05) is 0 Å². The smallest absolute Gasteiger partial charge is 0.387 e. The molecule has 3 fully saturated rings. The van der Waals surface area contributed by atoms with E-state index in [0.29, 0.717) is 11.5 Å². The first-order chi connectivity index (χ1) is 15.9. The fraction of sp³-hybridized carbons (Fsp3) is 0.714. The second kappa shape index (κ2) is 11.3. The topological polar surface area (TPSA) is 9.23 Å². The molecule has 4 rings (SSSR count). The molecule has 1 nitrogen and oxygen atoms in total. The van der Waals surface area contributed by atoms with E-state index in [2.05, 4.69) is 23.8 Å². The Morgan fingerprint density at radius 2 is 1.42 bits per heavy atom. The van der Waals surface area contributed by atoms with E-state index < -0.39 is 24.0 Å². The van der Waals surface area contributed by atoms with Crippen LogP contribution >= 0.6 is 0 Å². The van der Waals surface area contributed by atoms with E-state index in [9.17, 15) is 17.6 Å². The molecule has 4 atom stereocenters. The lowest BCUT2D eigenvalue weighted by Gasteiger charge is -2.45. The summed E-state index contributed by atoms with van der Waals surface area (Å²) in [6.07, 6.45) is 19.3. The summed E-state index contributed by atoms with van der Waals surface area (Å²) < 4.78 is 57.1. The van der Waals surface area contributed by atoms with Crippen molar-refractivity contribution in [2.45, 2.75) is 96.5 Å². The molecule has 0 aromatic heterocycles. The molecule has 3 saturated carbocycles. The van der Waals surface area contributed by atoms with E-state index in [1.165, 1.54) is 63.5 Å². The van der Waals surface area contributed by atoms with E-state index in [4.69, 9.17) is 0 Å². The molecule has 1 aromatic carbocycles. The van der Waals surface area contributed by atoms with Gasteiger partial charge in [0.25, 0.3) is 0 Å². The zero-order chi connectivity index (χ0) is 23.4. The normalized spacial score (nSPS) is 32.8. The lowest BCUT2D eigenvalue weighted by Crippen LogP contribution is -2.34. The van der Waals surface area contributed by atoms with Gasteiger partial charge in [0.2, 0.25) is 0 Å². The largest absolute Gasteiger partial charge is 0.429 e. The summed E-state index contributed by atoms with van der Waals surface area (Å²) in [4.78, 5) is 0. The summed E-state index contributed by atoms with van der Waals surface area (Å²) in [7, 11) is 0. The highest BCUT2D eigenvalue weighted by Crippen LogP contribution is 2.50. The van der Waals surface area contributed by atoms with E-state index in [0.717, 1.165) is 49.4 Å². The number of alkyl halides is 2. The molecule has 0 aliphatic heterocycles. The average Bonchev–Trinajstić information content (AvgIpc) is 2.81. The molecule has 0 bridgehead atoms. The van der Waals surface area contributed by atoms with Crippen LogP contribution in [0.1, 0.15) is 95.5 Å². The molecule has 0 radical (unpaired) electrons. The van der Waals surface area contributed by atoms with Crippen LogP contribution in [0.15, 0.2) is 24.3 Å². The Kier molecular flexibility index (Phi) is 8.40. The van der Waals surface area contributed by atoms with Gasteiger partial charge in [0.15, 0.2) is 17.4 Å². The van der Waals surface area contributed by atoms with Gasteiger partial charge in [-0.1, -0.05) is 18.6 Å². The van der Waals surface area contributed by atoms with Crippen LogP contribution in [0.4, 0.5) is 17.6 Å². The van der Waals surface area contributed by atoms with Crippen molar-refractivity contribution >= 4 is 0 Å². The molecule has 184 valence electrons. The first-order valence-corrected chi connectivity index (χ1v) is 13.0. The molecule has 0 amide bonds. The monoisotopic (exact) mass is 466 g/mol. The Morgan fingerprint density at radius 1 is 0.848 bits per heavy atom. The van der Waals surface area contributed by atoms with Crippen LogP contribution in [0.2, 0.25) is 0 Å². The van der Waals surface area contributed by atoms with Gasteiger partial charge in [-0.2, -0.15) is 8.78 Å². The second-order valence-corrected chi connectivity index (χ2v) is 10.7. The number of rotatable bonds is 7. The summed E-state index contributed by atoms with van der Waals surface area (Å²) in [5, 5.41) is 0. The summed E-state index contributed by atoms with van der Waals surface area (Å²) >= 11 is 0. The van der Waals surface area contributed by atoms with Crippen molar-refractivity contribution in [3.63, 3.8) is 0 Å². The van der Waals surface area contributed by atoms with Gasteiger partial charge in [0.1, 0.15) is 0 Å². The number of allylic oxidation sites excluding steroid dienone is 2. The first-order valence-electron chi connectivity index (χ1n) is 13.0. The lowest BCUT2D eigenvalue weighted by molar-refractivity contribution is -0.0546. The first kappa shape index (κ1) is 24.6. The van der Waals surface area contributed by atoms with Crippen LogP contribution in [0, 0.1) is 41.2 Å². The van der Waals surface area contributed by atoms with E-state index in [-0.39, 0.29) is 5.92 Å². The fourth-order valence-electron chi connectivity index (χ4n) is 7.15. The van der Waals surface area contributed by atoms with Crippen LogP contribution < -0.4 is 4.74 Å². The molecule has 33 heavy (non-hydrogen) atoms. The number of benzene rings is 1. The van der Waals surface area contributed by atoms with Crippen molar-refractivity contribution < 1.29 is 22.3 Å². The van der Waals surface area contributed by atoms with Crippen LogP contribution in [-0.4, -0.2) is 6.61 Å². The van der Waals surface area contributed by atoms with Crippen molar-refractivity contribution in [3.8, 4) is 5.75 Å². The zero-order valence-electron chi connectivity index (χ0n) is 19.8. The summed E-state index contributed by atoms with van der Waals surface area (Å²) in [5.74, 6) is 1.28. The van der Waals surface area contributed by atoms with Gasteiger partial charge in [0, 0.05) is 0 Å². The Morgan fingerprint density at radius 3 is 2.06 bits per heavy atom. The minimum absolute atomic E-state index is 0.0924. The van der Waals surface area contributed by atoms with Crippen LogP contribution in [-0.2, 0) is 0 Å². The highest BCUT2D eigenvalue weighted by Gasteiger charge is 2.38. The number of hydrogen-bond donors (Lipinski definition) is 0. The summed E-state index contributed by atoms with van der Waals surface area (Å²) in [6, 6.07) is 2.37. The van der Waals surface area contributed by atoms with Crippen LogP contribution in [0.25, 0.3) is 0 Å². The maximum atomic E-state index is 14.2. The second-order valence-electron chi connectivity index (χ2n) is 10.7. The Balaban J connectivity index is 1.27. The third-order valence-electron chi connectivity index (χ3n) is 8.88. The van der Waals surface area contributed by atoms with E-state index in [1.54, 1.807) is 0 Å². The molecule has 1 aromatic rings. The molecular weight excluding hydrogens is 428 g/mol. The Bertz CT molecular complexity index is 776. The quantitative estimate of drug-likeness (QED) is 0.288. The minimum atomic E-state index is -3.24. The molecule has 0 N–H and O–H groups in total. The molecule has 0 spiro atoms. The fourth-order valence-corrected chi connectivity index (χ4v) is 7.15. The molecule has 3 aliphatic carbocycles. The van der Waals surface area contributed by atoms with E-state index >= 15 is 0 Å². The standard InChI is InChI=1S/C28H38F4O/c1-2-3-4-5-18-6-7-23-15-22(13-12-21(23)14-18)19-8-10-20(11-9-19)24-16-25(29)27(26(30)17-24)33-28(31)32/h2-3,16-23,28H,4-15H2,1H3/b3-2+. The number of hydrogen-bond acceptors (Lipinski definition) is 1. The van der Waals surface area contributed by atoms with Gasteiger partial charge in [-0.25, -0.2) is 8.78 Å². The third kappa shape index (κ3) is 6.14. The third-order valence-corrected chi connectivity index (χ3v) is 8.88. The molecule has 0 saturated heterocycles. The number of halogens is 4. The highest BCUT2D eigenvalue weighted by molar-refractivity contribution is 5.33. The molecule has 3 aliphatic rings. The number of fused-ring (bicyclic) bond motifs is 1. The van der Waals surface area contributed by atoms with Crippen molar-refractivity contribution in [3.05, 3.63) is 41.5 Å². The van der Waals surface area contributed by atoms with Crippen LogP contribution in [0.5, 0.6) is 5.75 Å². The maximum Gasteiger partial charge on any atom is 0.387 e. The van der Waals surface area contributed by atoms with Crippen molar-refractivity contribution in [2.24, 2.45) is 29.6 Å². The van der Waals surface area contributed by atoms with Gasteiger partial charge in [-0.15, -0.1) is 0 Å². The summed E-state index contributed by atoms with van der Waals surface area (Å²) in [6.45, 7) is -1.14. The molecule has 0 heterocycles. The van der Waals surface area contributed by atoms with Gasteiger partial charge >= 0.3 is 6.61 Å². The molecule has 5 heteroatoms. The lowest BCUT2D eigenvalue weighted by atomic mass is 9.60. The SMILES string of the molecule is C/C=C/CCC1CCC2CC(C3CCC(c4cc(F)c(OC(F)F)c(F)c4)CC3)CCC2C1. The minimum Gasteiger partial charge on any atom is -0.429 e. The van der Waals surface area contributed by atoms with Crippen molar-refractivity contribution in [2.75, 3.05) is 0 Å². The molecule has 4 unspecified atom stereocenters. The van der Waals surface area contributed by atoms with Gasteiger partial charge in [-0.3, -0.25) is 0 Å². The summed E-state index contributed by atoms with van der Waals surface area (Å²) in [5.41, 5.74) is 0.574. The van der Waals surface area contributed by atoms with Gasteiger partial charge < -0.3 is 4.74 Å². The van der Waals surface area contributed by atoms with Gasteiger partial charge in [-0.05, 0) is 131 Å². The zero-order valence-corrected chi connectivity index (χ0v) is 19.8. The predicted molar refractivity (Wildman–Crippen MR) is 123 cm³/mol. The maximum absolute atomic E-state index is 14.2.